The molecule has 30 heavy (non-hydrogen) atoms. The normalized spacial score (nSPS) is 12.6. The number of rotatable bonds is 4. The van der Waals surface area contributed by atoms with Crippen LogP contribution >= 0.6 is 0 Å². The van der Waals surface area contributed by atoms with Crippen molar-refractivity contribution in [2.75, 3.05) is 5.43 Å². The molecule has 0 bridgehead atoms. The summed E-state index contributed by atoms with van der Waals surface area (Å²) < 4.78 is 82.4. The van der Waals surface area contributed by atoms with Crippen LogP contribution in [0.4, 0.5) is 32.0 Å². The Hall–Kier alpha value is -3.88. The number of halogens is 6. The maximum atomic E-state index is 12.9. The summed E-state index contributed by atoms with van der Waals surface area (Å²) in [5.74, 6) is -1.03. The summed E-state index contributed by atoms with van der Waals surface area (Å²) in [5.41, 5.74) is -2.88. The quantitative estimate of drug-likeness (QED) is 0.273. The number of hydrazone groups is 1. The van der Waals surface area contributed by atoms with Crippen molar-refractivity contribution in [1.82, 2.24) is 5.16 Å². The first-order valence-corrected chi connectivity index (χ1v) is 7.93. The van der Waals surface area contributed by atoms with Crippen molar-refractivity contribution < 1.29 is 35.7 Å². The minimum atomic E-state index is -5.06. The van der Waals surface area contributed by atoms with E-state index in [1.807, 2.05) is 5.43 Å². The average Bonchev–Trinajstić information content (AvgIpc) is 3.11. The third kappa shape index (κ3) is 4.24. The number of fused-ring (bicyclic) bond motifs is 1. The van der Waals surface area contributed by atoms with E-state index in [-0.39, 0.29) is 22.7 Å². The number of Topliss-reactive ketones (excluding diaryl/α,β-unsaturated/α-hetero) is 1. The van der Waals surface area contributed by atoms with E-state index in [9.17, 15) is 31.1 Å². The molecular formula is C18H8F6N4O2. The molecule has 0 aliphatic carbocycles. The highest BCUT2D eigenvalue weighted by molar-refractivity contribution is 6.52. The van der Waals surface area contributed by atoms with Crippen molar-refractivity contribution in [2.24, 2.45) is 5.10 Å². The van der Waals surface area contributed by atoms with E-state index in [0.717, 1.165) is 0 Å². The van der Waals surface area contributed by atoms with E-state index in [4.69, 9.17) is 9.78 Å². The molecule has 1 heterocycles. The number of carbonyl (C=O) groups is 1. The van der Waals surface area contributed by atoms with E-state index in [1.165, 1.54) is 18.2 Å². The lowest BCUT2D eigenvalue weighted by atomic mass is 10.1. The van der Waals surface area contributed by atoms with Crippen molar-refractivity contribution in [2.45, 2.75) is 12.4 Å². The van der Waals surface area contributed by atoms with Gasteiger partial charge in [-0.05, 0) is 30.3 Å². The molecule has 0 spiro atoms. The largest absolute Gasteiger partial charge is 0.416 e. The molecule has 0 saturated heterocycles. The standard InChI is InChI=1S/C18H8F6N4O2/c19-17(20,21)9-5-10(18(22,23)24)7-11(6-9)26-27-13(8-25)16(29)15-12-3-1-2-4-14(12)30-28-15/h1-7,26H/b27-13+. The van der Waals surface area contributed by atoms with Gasteiger partial charge in [-0.25, -0.2) is 0 Å². The van der Waals surface area contributed by atoms with Crippen LogP contribution in [0, 0.1) is 11.3 Å². The number of anilines is 1. The van der Waals surface area contributed by atoms with Gasteiger partial charge in [-0.1, -0.05) is 17.3 Å². The summed E-state index contributed by atoms with van der Waals surface area (Å²) in [7, 11) is 0. The van der Waals surface area contributed by atoms with Crippen LogP contribution in [0.15, 0.2) is 52.1 Å². The van der Waals surface area contributed by atoms with Crippen LogP contribution in [-0.4, -0.2) is 16.7 Å². The fraction of sp³-hybridized carbons (Fsp3) is 0.111. The molecule has 6 nitrogen and oxygen atoms in total. The second-order valence-electron chi connectivity index (χ2n) is 5.84. The van der Waals surface area contributed by atoms with E-state index >= 15 is 0 Å². The highest BCUT2D eigenvalue weighted by atomic mass is 19.4. The summed E-state index contributed by atoms with van der Waals surface area (Å²) in [6, 6.07) is 8.25. The number of aromatic nitrogens is 1. The van der Waals surface area contributed by atoms with Crippen molar-refractivity contribution in [1.29, 1.82) is 5.26 Å². The summed E-state index contributed by atoms with van der Waals surface area (Å²) >= 11 is 0. The second kappa shape index (κ2) is 7.51. The van der Waals surface area contributed by atoms with E-state index in [2.05, 4.69) is 10.3 Å². The van der Waals surface area contributed by atoms with Crippen molar-refractivity contribution >= 4 is 28.2 Å². The summed E-state index contributed by atoms with van der Waals surface area (Å²) in [4.78, 5) is 12.4. The molecule has 154 valence electrons. The van der Waals surface area contributed by atoms with Gasteiger partial charge < -0.3 is 4.52 Å². The van der Waals surface area contributed by atoms with Gasteiger partial charge in [0.2, 0.25) is 11.5 Å². The Balaban J connectivity index is 1.96. The highest BCUT2D eigenvalue weighted by Crippen LogP contribution is 2.37. The first kappa shape index (κ1) is 20.8. The first-order chi connectivity index (χ1) is 14.0. The number of para-hydroxylation sites is 1. The molecule has 0 saturated carbocycles. The van der Waals surface area contributed by atoms with Crippen molar-refractivity contribution in [3.8, 4) is 6.07 Å². The molecule has 0 atom stereocenters. The number of nitriles is 1. The van der Waals surface area contributed by atoms with Gasteiger partial charge in [0.15, 0.2) is 11.3 Å². The number of carbonyl (C=O) groups excluding carboxylic acids is 1. The Morgan fingerprint density at radius 3 is 2.20 bits per heavy atom. The fourth-order valence-corrected chi connectivity index (χ4v) is 2.43. The monoisotopic (exact) mass is 426 g/mol. The van der Waals surface area contributed by atoms with Gasteiger partial charge in [0.25, 0.3) is 0 Å². The number of hydrogen-bond donors (Lipinski definition) is 1. The van der Waals surface area contributed by atoms with Crippen LogP contribution < -0.4 is 5.43 Å². The van der Waals surface area contributed by atoms with Crippen molar-refractivity contribution in [3.63, 3.8) is 0 Å². The Bertz CT molecular complexity index is 1160. The number of benzene rings is 2. The molecule has 0 amide bonds. The van der Waals surface area contributed by atoms with E-state index in [0.29, 0.717) is 12.1 Å². The van der Waals surface area contributed by atoms with Gasteiger partial charge in [0.05, 0.1) is 22.2 Å². The summed E-state index contributed by atoms with van der Waals surface area (Å²) in [6.07, 6.45) is -10.1. The van der Waals surface area contributed by atoms with Crippen molar-refractivity contribution in [3.05, 3.63) is 59.3 Å². The molecule has 1 N–H and O–H groups in total. The number of nitrogens with zero attached hydrogens (tertiary/aromatic N) is 3. The Morgan fingerprint density at radius 1 is 1.03 bits per heavy atom. The minimum absolute atomic E-state index is 0.0627. The van der Waals surface area contributed by atoms with Crippen LogP contribution in [0.5, 0.6) is 0 Å². The Kier molecular flexibility index (Phi) is 5.22. The predicted octanol–water partition coefficient (Wildman–Crippen LogP) is 5.04. The van der Waals surface area contributed by atoms with Gasteiger partial charge >= 0.3 is 12.4 Å². The molecule has 3 aromatic rings. The average molecular weight is 426 g/mol. The van der Waals surface area contributed by atoms with Gasteiger partial charge in [-0.15, -0.1) is 0 Å². The third-order valence-corrected chi connectivity index (χ3v) is 3.80. The fourth-order valence-electron chi connectivity index (χ4n) is 2.43. The van der Waals surface area contributed by atoms with Crippen LogP contribution in [0.25, 0.3) is 11.0 Å². The topological polar surface area (TPSA) is 91.3 Å². The van der Waals surface area contributed by atoms with Gasteiger partial charge in [0, 0.05) is 0 Å². The molecule has 2 aromatic carbocycles. The van der Waals surface area contributed by atoms with Crippen LogP contribution in [0.3, 0.4) is 0 Å². The smallest absolute Gasteiger partial charge is 0.356 e. The lowest BCUT2D eigenvalue weighted by Crippen LogP contribution is -2.15. The molecule has 0 aliphatic heterocycles. The maximum absolute atomic E-state index is 12.9. The Morgan fingerprint density at radius 2 is 1.63 bits per heavy atom. The van der Waals surface area contributed by atoms with Crippen LogP contribution in [-0.2, 0) is 12.4 Å². The van der Waals surface area contributed by atoms with E-state index < -0.39 is 40.7 Å². The first-order valence-electron chi connectivity index (χ1n) is 7.93. The third-order valence-electron chi connectivity index (χ3n) is 3.80. The zero-order valence-electron chi connectivity index (χ0n) is 14.5. The zero-order chi connectivity index (χ0) is 22.1. The Labute approximate surface area is 163 Å². The molecule has 12 heteroatoms. The summed E-state index contributed by atoms with van der Waals surface area (Å²) in [6.45, 7) is 0. The molecule has 3 rings (SSSR count). The molecular weight excluding hydrogens is 418 g/mol. The predicted molar refractivity (Wildman–Crippen MR) is 91.5 cm³/mol. The van der Waals surface area contributed by atoms with Gasteiger partial charge in [0.1, 0.15) is 6.07 Å². The lowest BCUT2D eigenvalue weighted by Gasteiger charge is -2.13. The maximum Gasteiger partial charge on any atom is 0.416 e. The molecule has 1 aromatic heterocycles. The lowest BCUT2D eigenvalue weighted by molar-refractivity contribution is -0.143. The number of nitrogens with one attached hydrogen (secondary N) is 1. The second-order valence-corrected chi connectivity index (χ2v) is 5.84. The zero-order valence-corrected chi connectivity index (χ0v) is 14.5. The molecule has 0 aliphatic rings. The summed E-state index contributed by atoms with van der Waals surface area (Å²) in [5, 5.41) is 16.3. The van der Waals surface area contributed by atoms with Crippen LogP contribution in [0.2, 0.25) is 0 Å². The SMILES string of the molecule is N#C/C(=N\Nc1cc(C(F)(F)F)cc(C(F)(F)F)c1)C(=O)c1noc2ccccc12. The van der Waals surface area contributed by atoms with Gasteiger partial charge in [-0.3, -0.25) is 10.2 Å². The molecule has 0 unspecified atom stereocenters. The minimum Gasteiger partial charge on any atom is -0.356 e. The number of hydrogen-bond acceptors (Lipinski definition) is 6. The van der Waals surface area contributed by atoms with Crippen LogP contribution in [0.1, 0.15) is 21.6 Å². The molecule has 0 fully saturated rings. The van der Waals surface area contributed by atoms with E-state index in [1.54, 1.807) is 12.1 Å². The number of alkyl halides is 6. The highest BCUT2D eigenvalue weighted by Gasteiger charge is 2.37. The van der Waals surface area contributed by atoms with Gasteiger partial charge in [-0.2, -0.15) is 36.7 Å². The molecule has 0 radical (unpaired) electrons. The number of ketones is 1.